The van der Waals surface area contributed by atoms with Crippen LogP contribution in [0.15, 0.2) is 41.3 Å². The number of hydrogen-bond donors (Lipinski definition) is 1. The van der Waals surface area contributed by atoms with Crippen LogP contribution in [0.3, 0.4) is 0 Å². The van der Waals surface area contributed by atoms with E-state index in [0.29, 0.717) is 40.8 Å². The number of piperidine rings is 2. The lowest BCUT2D eigenvalue weighted by Crippen LogP contribution is -2.51. The van der Waals surface area contributed by atoms with Crippen LogP contribution >= 0.6 is 0 Å². The van der Waals surface area contributed by atoms with Crippen LogP contribution in [-0.2, 0) is 0 Å². The molecule has 1 saturated carbocycles. The highest BCUT2D eigenvalue weighted by molar-refractivity contribution is 5.95. The second-order valence-electron chi connectivity index (χ2n) is 9.56. The van der Waals surface area contributed by atoms with Crippen molar-refractivity contribution in [3.63, 3.8) is 0 Å². The van der Waals surface area contributed by atoms with Gasteiger partial charge in [-0.1, -0.05) is 6.42 Å². The van der Waals surface area contributed by atoms with E-state index in [1.54, 1.807) is 23.3 Å². The summed E-state index contributed by atoms with van der Waals surface area (Å²) in [6.07, 6.45) is 13.4. The Kier molecular flexibility index (Phi) is 5.46. The molecule has 0 bridgehead atoms. The minimum absolute atomic E-state index is 0.0294. The summed E-state index contributed by atoms with van der Waals surface area (Å²) in [5.41, 5.74) is 2.27. The van der Waals surface area contributed by atoms with Crippen molar-refractivity contribution in [2.24, 2.45) is 5.92 Å². The van der Waals surface area contributed by atoms with Crippen molar-refractivity contribution in [1.82, 2.24) is 30.0 Å². The number of hydrogen-bond acceptors (Lipinski definition) is 6. The van der Waals surface area contributed by atoms with Crippen LogP contribution in [0.4, 0.5) is 0 Å². The molecule has 1 aliphatic carbocycles. The summed E-state index contributed by atoms with van der Waals surface area (Å²) in [7, 11) is 0. The zero-order chi connectivity index (χ0) is 22.2. The number of carbonyl (C=O) groups excluding carboxylic acids is 1. The lowest BCUT2D eigenvalue weighted by atomic mass is 9.83. The van der Waals surface area contributed by atoms with Crippen LogP contribution in [-0.4, -0.2) is 56.2 Å². The van der Waals surface area contributed by atoms with E-state index >= 15 is 0 Å². The van der Waals surface area contributed by atoms with Gasteiger partial charge in [-0.05, 0) is 75.7 Å². The largest absolute Gasteiger partial charge is 0.463 e. The minimum Gasteiger partial charge on any atom is -0.463 e. The Morgan fingerprint density at radius 2 is 2.03 bits per heavy atom. The van der Waals surface area contributed by atoms with E-state index in [4.69, 9.17) is 4.42 Å². The van der Waals surface area contributed by atoms with Crippen molar-refractivity contribution >= 4 is 5.91 Å². The van der Waals surface area contributed by atoms with E-state index in [-0.39, 0.29) is 5.91 Å². The van der Waals surface area contributed by atoms with Gasteiger partial charge in [0.2, 0.25) is 0 Å². The summed E-state index contributed by atoms with van der Waals surface area (Å²) in [5, 5.41) is 7.79. The van der Waals surface area contributed by atoms with Crippen molar-refractivity contribution in [1.29, 1.82) is 0 Å². The van der Waals surface area contributed by atoms with Gasteiger partial charge in [0.05, 0.1) is 23.7 Å². The van der Waals surface area contributed by atoms with Crippen molar-refractivity contribution in [2.75, 3.05) is 19.6 Å². The second kappa shape index (κ2) is 8.74. The minimum atomic E-state index is -0.0294. The van der Waals surface area contributed by atoms with Crippen LogP contribution < -0.4 is 5.32 Å². The average molecular weight is 447 g/mol. The lowest BCUT2D eigenvalue weighted by molar-refractivity contribution is 0.0575. The Hall–Kier alpha value is -3.00. The molecule has 1 amide bonds. The fraction of sp³-hybridized carbons (Fsp3) is 0.520. The smallest absolute Gasteiger partial charge is 0.254 e. The molecule has 172 valence electrons. The quantitative estimate of drug-likeness (QED) is 0.620. The SMILES string of the molecule is O=C(NC[C@@H]1CCCN2CCCC[C@H]12)c1cnn(-c2nccc(-c3ccco3)n2)c1C1CC1. The Labute approximate surface area is 193 Å². The van der Waals surface area contributed by atoms with Gasteiger partial charge in [0.1, 0.15) is 5.69 Å². The van der Waals surface area contributed by atoms with Crippen LogP contribution in [0.25, 0.3) is 17.4 Å². The number of carbonyl (C=O) groups is 1. The first-order valence-corrected chi connectivity index (χ1v) is 12.3. The number of furan rings is 1. The highest BCUT2D eigenvalue weighted by Gasteiger charge is 2.35. The van der Waals surface area contributed by atoms with E-state index in [1.165, 1.54) is 45.2 Å². The zero-order valence-electron chi connectivity index (χ0n) is 18.8. The number of fused-ring (bicyclic) bond motifs is 1. The third-order valence-corrected chi connectivity index (χ3v) is 7.37. The third kappa shape index (κ3) is 4.08. The van der Waals surface area contributed by atoms with Crippen molar-refractivity contribution in [3.05, 3.63) is 48.1 Å². The van der Waals surface area contributed by atoms with Crippen LogP contribution in [0.1, 0.15) is 66.9 Å². The van der Waals surface area contributed by atoms with Crippen LogP contribution in [0.5, 0.6) is 0 Å². The van der Waals surface area contributed by atoms with Crippen LogP contribution in [0, 0.1) is 5.92 Å². The molecule has 0 unspecified atom stereocenters. The van der Waals surface area contributed by atoms with Gasteiger partial charge in [0, 0.05) is 24.7 Å². The lowest BCUT2D eigenvalue weighted by Gasteiger charge is -2.44. The van der Waals surface area contributed by atoms with Crippen molar-refractivity contribution in [3.8, 4) is 17.4 Å². The topological polar surface area (TPSA) is 89.1 Å². The molecule has 1 N–H and O–H groups in total. The van der Waals surface area contributed by atoms with Gasteiger partial charge >= 0.3 is 0 Å². The fourth-order valence-corrected chi connectivity index (χ4v) is 5.59. The Bertz CT molecular complexity index is 1120. The van der Waals surface area contributed by atoms with E-state index in [2.05, 4.69) is 25.3 Å². The standard InChI is InChI=1S/C25H30N6O2/c32-24(27-15-18-5-3-13-30-12-2-1-6-21(18)30)19-16-28-31(23(19)17-8-9-17)25-26-11-10-20(29-25)22-7-4-14-33-22/h4,7,10-11,14,16-18,21H,1-3,5-6,8-9,12-13,15H2,(H,27,32)/t18-,21+/m0/s1. The summed E-state index contributed by atoms with van der Waals surface area (Å²) in [4.78, 5) is 25.0. The normalized spacial score (nSPS) is 23.3. The highest BCUT2D eigenvalue weighted by Crippen LogP contribution is 2.42. The molecular formula is C25H30N6O2. The monoisotopic (exact) mass is 446 g/mol. The Balaban J connectivity index is 1.22. The molecule has 0 aromatic carbocycles. The molecule has 2 aliphatic heterocycles. The Morgan fingerprint density at radius 3 is 2.88 bits per heavy atom. The maximum Gasteiger partial charge on any atom is 0.254 e. The molecule has 3 aromatic rings. The first kappa shape index (κ1) is 20.6. The number of nitrogens with zero attached hydrogens (tertiary/aromatic N) is 5. The molecule has 2 atom stereocenters. The van der Waals surface area contributed by atoms with E-state index in [9.17, 15) is 4.79 Å². The summed E-state index contributed by atoms with van der Waals surface area (Å²) in [6, 6.07) is 6.14. The molecule has 3 aliphatic rings. The summed E-state index contributed by atoms with van der Waals surface area (Å²) >= 11 is 0. The van der Waals surface area contributed by atoms with Gasteiger partial charge < -0.3 is 14.6 Å². The van der Waals surface area contributed by atoms with Gasteiger partial charge in [-0.3, -0.25) is 4.79 Å². The average Bonchev–Trinajstić information content (AvgIpc) is 3.36. The highest BCUT2D eigenvalue weighted by atomic mass is 16.3. The number of aromatic nitrogens is 4. The third-order valence-electron chi connectivity index (χ3n) is 7.37. The molecule has 0 spiro atoms. The van der Waals surface area contributed by atoms with Gasteiger partial charge in [-0.2, -0.15) is 5.10 Å². The molecule has 3 aromatic heterocycles. The maximum atomic E-state index is 13.3. The summed E-state index contributed by atoms with van der Waals surface area (Å²) in [6.45, 7) is 3.16. The van der Waals surface area contributed by atoms with Crippen molar-refractivity contribution in [2.45, 2.75) is 56.9 Å². The Morgan fingerprint density at radius 1 is 1.12 bits per heavy atom. The molecule has 6 rings (SSSR count). The molecule has 2 saturated heterocycles. The first-order valence-electron chi connectivity index (χ1n) is 12.3. The fourth-order valence-electron chi connectivity index (χ4n) is 5.59. The van der Waals surface area contributed by atoms with Gasteiger partial charge in [-0.15, -0.1) is 0 Å². The molecule has 8 nitrogen and oxygen atoms in total. The number of nitrogens with one attached hydrogen (secondary N) is 1. The van der Waals surface area contributed by atoms with E-state index in [0.717, 1.165) is 25.1 Å². The molecule has 0 radical (unpaired) electrons. The number of amides is 1. The number of rotatable bonds is 6. The van der Waals surface area contributed by atoms with Gasteiger partial charge in [0.15, 0.2) is 5.76 Å². The van der Waals surface area contributed by atoms with Crippen LogP contribution in [0.2, 0.25) is 0 Å². The predicted octanol–water partition coefficient (Wildman–Crippen LogP) is 3.79. The summed E-state index contributed by atoms with van der Waals surface area (Å²) in [5.74, 6) is 1.98. The molecular weight excluding hydrogens is 416 g/mol. The van der Waals surface area contributed by atoms with E-state index in [1.807, 2.05) is 18.2 Å². The molecule has 3 fully saturated rings. The predicted molar refractivity (Wildman–Crippen MR) is 123 cm³/mol. The molecule has 5 heterocycles. The van der Waals surface area contributed by atoms with Gasteiger partial charge in [-0.25, -0.2) is 14.6 Å². The maximum absolute atomic E-state index is 13.3. The van der Waals surface area contributed by atoms with E-state index < -0.39 is 0 Å². The molecule has 33 heavy (non-hydrogen) atoms. The molecule has 8 heteroatoms. The summed E-state index contributed by atoms with van der Waals surface area (Å²) < 4.78 is 7.22. The van der Waals surface area contributed by atoms with Gasteiger partial charge in [0.25, 0.3) is 11.9 Å². The second-order valence-corrected chi connectivity index (χ2v) is 9.56. The zero-order valence-corrected chi connectivity index (χ0v) is 18.8. The first-order chi connectivity index (χ1) is 16.3. The van der Waals surface area contributed by atoms with Crippen molar-refractivity contribution < 1.29 is 9.21 Å².